The predicted molar refractivity (Wildman–Crippen MR) is 89.8 cm³/mol. The second-order valence-electron chi connectivity index (χ2n) is 4.67. The van der Waals surface area contributed by atoms with Crippen LogP contribution in [0.5, 0.6) is 0 Å². The number of nitrogens with one attached hydrogen (secondary N) is 1. The van der Waals surface area contributed by atoms with Gasteiger partial charge in [0.15, 0.2) is 0 Å². The van der Waals surface area contributed by atoms with E-state index in [0.717, 1.165) is 17.5 Å². The smallest absolute Gasteiger partial charge is 0.203 e. The summed E-state index contributed by atoms with van der Waals surface area (Å²) in [6, 6.07) is 7.24. The number of thiazole rings is 1. The van der Waals surface area contributed by atoms with Crippen LogP contribution in [-0.4, -0.2) is 56.5 Å². The van der Waals surface area contributed by atoms with Gasteiger partial charge in [-0.05, 0) is 12.1 Å². The number of nitrogens with zero attached hydrogens (tertiary/aromatic N) is 2. The van der Waals surface area contributed by atoms with Gasteiger partial charge >= 0.3 is 0 Å². The molecule has 2 rings (SSSR count). The number of aromatic nitrogens is 1. The van der Waals surface area contributed by atoms with Gasteiger partial charge in [-0.15, -0.1) is 11.3 Å². The molecule has 1 heterocycles. The highest BCUT2D eigenvalue weighted by Crippen LogP contribution is 2.25. The van der Waals surface area contributed by atoms with Crippen molar-refractivity contribution in [1.82, 2.24) is 4.98 Å². The van der Waals surface area contributed by atoms with Crippen LogP contribution in [0.4, 0.5) is 5.13 Å². The molecule has 0 unspecified atom stereocenters. The van der Waals surface area contributed by atoms with E-state index in [1.165, 1.54) is 11.3 Å². The number of hydrazone groups is 1. The Morgan fingerprint density at radius 1 is 1.26 bits per heavy atom. The summed E-state index contributed by atoms with van der Waals surface area (Å²) in [5, 5.41) is 43.6. The van der Waals surface area contributed by atoms with Crippen LogP contribution in [-0.2, 0) is 0 Å². The van der Waals surface area contributed by atoms with Gasteiger partial charge in [0.1, 0.15) is 18.3 Å². The van der Waals surface area contributed by atoms with E-state index in [4.69, 9.17) is 16.7 Å². The van der Waals surface area contributed by atoms with E-state index in [-0.39, 0.29) is 0 Å². The zero-order valence-corrected chi connectivity index (χ0v) is 13.4. The van der Waals surface area contributed by atoms with Gasteiger partial charge < -0.3 is 20.4 Å². The molecule has 0 aliphatic carbocycles. The molecule has 0 saturated carbocycles. The van der Waals surface area contributed by atoms with E-state index < -0.39 is 24.9 Å². The molecule has 9 heteroatoms. The number of aliphatic hydroxyl groups is 4. The molecule has 1 aromatic heterocycles. The van der Waals surface area contributed by atoms with Crippen LogP contribution in [0.25, 0.3) is 11.3 Å². The van der Waals surface area contributed by atoms with Crippen LogP contribution in [0.15, 0.2) is 34.7 Å². The van der Waals surface area contributed by atoms with Crippen LogP contribution >= 0.6 is 22.9 Å². The fourth-order valence-electron chi connectivity index (χ4n) is 1.67. The molecule has 0 bridgehead atoms. The van der Waals surface area contributed by atoms with Gasteiger partial charge in [0.05, 0.1) is 18.5 Å². The Bertz CT molecular complexity index is 650. The fraction of sp³-hybridized carbons (Fsp3) is 0.286. The molecule has 0 aliphatic heterocycles. The van der Waals surface area contributed by atoms with Crippen molar-refractivity contribution in [3.05, 3.63) is 34.7 Å². The van der Waals surface area contributed by atoms with Crippen LogP contribution in [0.2, 0.25) is 5.02 Å². The summed E-state index contributed by atoms with van der Waals surface area (Å²) in [5.74, 6) is 0. The summed E-state index contributed by atoms with van der Waals surface area (Å²) in [6.07, 6.45) is -3.35. The van der Waals surface area contributed by atoms with Crippen molar-refractivity contribution in [2.75, 3.05) is 12.0 Å². The van der Waals surface area contributed by atoms with Crippen LogP contribution in [0.3, 0.4) is 0 Å². The third-order valence-corrected chi connectivity index (χ3v) is 3.96. The highest BCUT2D eigenvalue weighted by molar-refractivity contribution is 7.14. The standard InChI is InChI=1S/C14H16ClN3O4S/c15-9-3-1-8(2-4-9)10-7-23-14(17-10)18-16-5-11(20)13(22)12(21)6-19/h1-5,7,11-13,19-22H,6H2,(H,17,18)/b16-5-/t11-,12+,13-/m0/s1. The molecule has 5 N–H and O–H groups in total. The molecule has 0 aliphatic rings. The zero-order chi connectivity index (χ0) is 16.8. The van der Waals surface area contributed by atoms with Crippen molar-refractivity contribution in [2.24, 2.45) is 5.10 Å². The van der Waals surface area contributed by atoms with E-state index in [0.29, 0.717) is 10.2 Å². The van der Waals surface area contributed by atoms with Crippen molar-refractivity contribution in [1.29, 1.82) is 0 Å². The highest BCUT2D eigenvalue weighted by Gasteiger charge is 2.22. The van der Waals surface area contributed by atoms with Gasteiger partial charge in [0.25, 0.3) is 0 Å². The molecule has 0 spiro atoms. The second-order valence-corrected chi connectivity index (χ2v) is 5.96. The van der Waals surface area contributed by atoms with Crippen molar-refractivity contribution < 1.29 is 20.4 Å². The lowest BCUT2D eigenvalue weighted by atomic mass is 10.1. The molecule has 23 heavy (non-hydrogen) atoms. The zero-order valence-electron chi connectivity index (χ0n) is 11.9. The SMILES string of the molecule is OC[C@@H](O)[C@@H](O)[C@@H](O)/C=N\Nc1nc(-c2ccc(Cl)cc2)cs1. The highest BCUT2D eigenvalue weighted by atomic mass is 35.5. The average Bonchev–Trinajstić information content (AvgIpc) is 3.02. The van der Waals surface area contributed by atoms with Crippen molar-refractivity contribution in [3.63, 3.8) is 0 Å². The maximum absolute atomic E-state index is 9.57. The van der Waals surface area contributed by atoms with Gasteiger partial charge in [-0.2, -0.15) is 5.10 Å². The number of aliphatic hydroxyl groups excluding tert-OH is 4. The second kappa shape index (κ2) is 8.34. The molecular formula is C14H16ClN3O4S. The molecule has 2 aromatic rings. The summed E-state index contributed by atoms with van der Waals surface area (Å²) in [4.78, 5) is 4.32. The third kappa shape index (κ3) is 4.96. The first-order chi connectivity index (χ1) is 11.0. The third-order valence-electron chi connectivity index (χ3n) is 2.96. The molecule has 0 amide bonds. The fourth-order valence-corrected chi connectivity index (χ4v) is 2.47. The minimum atomic E-state index is -1.52. The Morgan fingerprint density at radius 3 is 2.61 bits per heavy atom. The summed E-state index contributed by atoms with van der Waals surface area (Å²) in [5.41, 5.74) is 4.28. The summed E-state index contributed by atoms with van der Waals surface area (Å²) >= 11 is 7.15. The summed E-state index contributed by atoms with van der Waals surface area (Å²) < 4.78 is 0. The van der Waals surface area contributed by atoms with E-state index in [9.17, 15) is 15.3 Å². The van der Waals surface area contributed by atoms with Crippen molar-refractivity contribution in [3.8, 4) is 11.3 Å². The van der Waals surface area contributed by atoms with E-state index in [2.05, 4.69) is 15.5 Å². The summed E-state index contributed by atoms with van der Waals surface area (Å²) in [6.45, 7) is -0.656. The molecule has 3 atom stereocenters. The van der Waals surface area contributed by atoms with Crippen molar-refractivity contribution >= 4 is 34.3 Å². The lowest BCUT2D eigenvalue weighted by molar-refractivity contribution is -0.0541. The van der Waals surface area contributed by atoms with Crippen LogP contribution in [0, 0.1) is 0 Å². The molecule has 7 nitrogen and oxygen atoms in total. The lowest BCUT2D eigenvalue weighted by Gasteiger charge is -2.17. The molecule has 0 saturated heterocycles. The first-order valence-electron chi connectivity index (χ1n) is 6.67. The van der Waals surface area contributed by atoms with E-state index in [1.807, 2.05) is 17.5 Å². The Hall–Kier alpha value is -1.55. The Kier molecular flexibility index (Phi) is 6.46. The van der Waals surface area contributed by atoms with E-state index >= 15 is 0 Å². The largest absolute Gasteiger partial charge is 0.394 e. The Balaban J connectivity index is 1.94. The molecule has 124 valence electrons. The number of benzene rings is 1. The van der Waals surface area contributed by atoms with Gasteiger partial charge in [-0.3, -0.25) is 5.43 Å². The number of hydrogen-bond donors (Lipinski definition) is 5. The Labute approximate surface area is 141 Å². The Morgan fingerprint density at radius 2 is 1.96 bits per heavy atom. The van der Waals surface area contributed by atoms with Crippen LogP contribution < -0.4 is 5.43 Å². The maximum atomic E-state index is 9.57. The lowest BCUT2D eigenvalue weighted by Crippen LogP contribution is -2.40. The number of anilines is 1. The monoisotopic (exact) mass is 357 g/mol. The van der Waals surface area contributed by atoms with Crippen LogP contribution in [0.1, 0.15) is 0 Å². The first kappa shape index (κ1) is 17.8. The first-order valence-corrected chi connectivity index (χ1v) is 7.92. The maximum Gasteiger partial charge on any atom is 0.203 e. The van der Waals surface area contributed by atoms with Gasteiger partial charge in [0, 0.05) is 16.0 Å². The molecule has 0 radical (unpaired) electrons. The topological polar surface area (TPSA) is 118 Å². The van der Waals surface area contributed by atoms with Crippen molar-refractivity contribution in [2.45, 2.75) is 18.3 Å². The number of hydrogen-bond acceptors (Lipinski definition) is 8. The number of rotatable bonds is 7. The minimum Gasteiger partial charge on any atom is -0.394 e. The quantitative estimate of drug-likeness (QED) is 0.372. The average molecular weight is 358 g/mol. The minimum absolute atomic E-state index is 0.496. The van der Waals surface area contributed by atoms with Gasteiger partial charge in [-0.1, -0.05) is 23.7 Å². The molecule has 0 fully saturated rings. The number of halogens is 1. The summed E-state index contributed by atoms with van der Waals surface area (Å²) in [7, 11) is 0. The molecular weight excluding hydrogens is 342 g/mol. The van der Waals surface area contributed by atoms with Gasteiger partial charge in [-0.25, -0.2) is 4.98 Å². The van der Waals surface area contributed by atoms with Gasteiger partial charge in [0.2, 0.25) is 5.13 Å². The molecule has 1 aromatic carbocycles. The van der Waals surface area contributed by atoms with E-state index in [1.54, 1.807) is 12.1 Å². The predicted octanol–water partition coefficient (Wildman–Crippen LogP) is 0.936. The normalized spacial score (nSPS) is 15.5.